The van der Waals surface area contributed by atoms with Gasteiger partial charge in [0, 0.05) is 44.4 Å². The number of methoxy groups -OCH3 is 1. The largest absolute Gasteiger partial charge is 0.383 e. The Morgan fingerprint density at radius 1 is 1.15 bits per heavy atom. The summed E-state index contributed by atoms with van der Waals surface area (Å²) in [5.41, 5.74) is 4.27. The lowest BCUT2D eigenvalue weighted by Crippen LogP contribution is -2.42. The Kier molecular flexibility index (Phi) is 6.37. The molecule has 2 amide bonds. The molecule has 8 nitrogen and oxygen atoms in total. The smallest absolute Gasteiger partial charge is 0.320 e. The lowest BCUT2D eigenvalue weighted by atomic mass is 9.94. The number of anilines is 1. The molecule has 0 radical (unpaired) electrons. The minimum Gasteiger partial charge on any atom is -0.383 e. The topological polar surface area (TPSA) is 84.3 Å². The molecule has 0 bridgehead atoms. The zero-order chi connectivity index (χ0) is 22.6. The van der Waals surface area contributed by atoms with Crippen LogP contribution in [-0.4, -0.2) is 65.1 Å². The molecular weight excluding hydrogens is 416 g/mol. The van der Waals surface area contributed by atoms with E-state index in [1.165, 1.54) is 5.56 Å². The van der Waals surface area contributed by atoms with Crippen LogP contribution in [0.5, 0.6) is 0 Å². The molecule has 1 aliphatic carbocycles. The minimum absolute atomic E-state index is 0.00654. The first kappa shape index (κ1) is 21.6. The number of fused-ring (bicyclic) bond motifs is 1. The summed E-state index contributed by atoms with van der Waals surface area (Å²) in [5.74, 6) is 0.973. The Morgan fingerprint density at radius 2 is 2.03 bits per heavy atom. The van der Waals surface area contributed by atoms with E-state index in [-0.39, 0.29) is 18.0 Å². The van der Waals surface area contributed by atoms with Crippen LogP contribution in [-0.2, 0) is 17.6 Å². The van der Waals surface area contributed by atoms with Crippen molar-refractivity contribution in [3.05, 3.63) is 71.7 Å². The predicted octanol–water partition coefficient (Wildman–Crippen LogP) is 2.99. The number of pyridine rings is 1. The molecule has 3 heterocycles. The van der Waals surface area contributed by atoms with E-state index in [1.807, 2.05) is 22.9 Å². The quantitative estimate of drug-likeness (QED) is 0.583. The second-order valence-corrected chi connectivity index (χ2v) is 8.72. The highest BCUT2D eigenvalue weighted by Crippen LogP contribution is 2.31. The second-order valence-electron chi connectivity index (χ2n) is 8.72. The summed E-state index contributed by atoms with van der Waals surface area (Å²) in [5, 5.41) is 11.1. The Labute approximate surface area is 194 Å². The van der Waals surface area contributed by atoms with Crippen LogP contribution in [0.2, 0.25) is 0 Å². The monoisotopic (exact) mass is 446 g/mol. The van der Waals surface area contributed by atoms with E-state index in [0.29, 0.717) is 6.61 Å². The number of rotatable bonds is 7. The van der Waals surface area contributed by atoms with Crippen molar-refractivity contribution in [2.24, 2.45) is 0 Å². The zero-order valence-electron chi connectivity index (χ0n) is 18.9. The number of benzene rings is 1. The van der Waals surface area contributed by atoms with Crippen LogP contribution in [0, 0.1) is 0 Å². The fourth-order valence-corrected chi connectivity index (χ4v) is 4.97. The number of ether oxygens (including phenoxy) is 1. The van der Waals surface area contributed by atoms with Crippen molar-refractivity contribution in [2.45, 2.75) is 31.2 Å². The summed E-state index contributed by atoms with van der Waals surface area (Å²) in [6, 6.07) is 14.1. The van der Waals surface area contributed by atoms with Crippen molar-refractivity contribution in [3.63, 3.8) is 0 Å². The van der Waals surface area contributed by atoms with Crippen LogP contribution >= 0.6 is 0 Å². The molecular formula is C25H30N6O2. The van der Waals surface area contributed by atoms with Gasteiger partial charge in [0.25, 0.3) is 0 Å². The highest BCUT2D eigenvalue weighted by molar-refractivity contribution is 5.90. The fourth-order valence-electron chi connectivity index (χ4n) is 4.97. The molecule has 0 unspecified atom stereocenters. The van der Waals surface area contributed by atoms with Crippen molar-refractivity contribution >= 4 is 11.8 Å². The van der Waals surface area contributed by atoms with Crippen LogP contribution in [0.25, 0.3) is 5.69 Å². The van der Waals surface area contributed by atoms with Gasteiger partial charge in [0.1, 0.15) is 5.82 Å². The van der Waals surface area contributed by atoms with Gasteiger partial charge in [0.15, 0.2) is 0 Å². The number of hydrogen-bond acceptors (Lipinski definition) is 5. The standard InChI is InChI=1S/C25H30N6O2/c1-33-14-13-30-16-21(18-7-3-2-4-8-18)23(17-30)27-25(32)28-24-20-10-5-11-22(20)29-31(24)19-9-6-12-26-15-19/h2-4,6-9,12,15,21,23H,5,10-11,13-14,16-17H2,1H3,(H2,27,28,32)/t21-,23+/m1/s1. The van der Waals surface area contributed by atoms with Crippen molar-refractivity contribution in [2.75, 3.05) is 38.7 Å². The molecule has 2 aromatic heterocycles. The van der Waals surface area contributed by atoms with Gasteiger partial charge in [-0.25, -0.2) is 9.48 Å². The summed E-state index contributed by atoms with van der Waals surface area (Å²) < 4.78 is 7.08. The van der Waals surface area contributed by atoms with E-state index < -0.39 is 0 Å². The lowest BCUT2D eigenvalue weighted by Gasteiger charge is -2.21. The van der Waals surface area contributed by atoms with Crippen molar-refractivity contribution in [1.82, 2.24) is 25.0 Å². The average Bonchev–Trinajstić information content (AvgIpc) is 3.55. The maximum absolute atomic E-state index is 13.2. The third-order valence-corrected chi connectivity index (χ3v) is 6.58. The summed E-state index contributed by atoms with van der Waals surface area (Å²) in [7, 11) is 1.72. The number of carbonyl (C=O) groups excluding carboxylic acids is 1. The summed E-state index contributed by atoms with van der Waals surface area (Å²) >= 11 is 0. The molecule has 2 N–H and O–H groups in total. The number of hydrogen-bond donors (Lipinski definition) is 2. The third kappa shape index (κ3) is 4.62. The Balaban J connectivity index is 1.35. The van der Waals surface area contributed by atoms with Gasteiger partial charge >= 0.3 is 6.03 Å². The fraction of sp³-hybridized carbons (Fsp3) is 0.400. The lowest BCUT2D eigenvalue weighted by molar-refractivity contribution is 0.159. The van der Waals surface area contributed by atoms with Crippen LogP contribution in [0.3, 0.4) is 0 Å². The summed E-state index contributed by atoms with van der Waals surface area (Å²) in [6.45, 7) is 3.20. The molecule has 3 aromatic rings. The first-order valence-corrected chi connectivity index (χ1v) is 11.6. The number of urea groups is 1. The first-order chi connectivity index (χ1) is 16.2. The molecule has 0 spiro atoms. The van der Waals surface area contributed by atoms with Gasteiger partial charge in [0.2, 0.25) is 0 Å². The van der Waals surface area contributed by atoms with E-state index in [9.17, 15) is 4.79 Å². The van der Waals surface area contributed by atoms with Gasteiger partial charge in [-0.2, -0.15) is 5.10 Å². The highest BCUT2D eigenvalue weighted by Gasteiger charge is 2.35. The summed E-state index contributed by atoms with van der Waals surface area (Å²) in [4.78, 5) is 19.8. The number of carbonyl (C=O) groups is 1. The number of nitrogens with zero attached hydrogens (tertiary/aromatic N) is 4. The van der Waals surface area contributed by atoms with E-state index in [1.54, 1.807) is 19.5 Å². The van der Waals surface area contributed by atoms with Crippen LogP contribution in [0.1, 0.15) is 29.2 Å². The number of likely N-dealkylation sites (tertiary alicyclic amines) is 1. The second kappa shape index (κ2) is 9.72. The van der Waals surface area contributed by atoms with Crippen LogP contribution < -0.4 is 10.6 Å². The molecule has 33 heavy (non-hydrogen) atoms. The maximum atomic E-state index is 13.2. The van der Waals surface area contributed by atoms with Crippen LogP contribution in [0.4, 0.5) is 10.6 Å². The van der Waals surface area contributed by atoms with Gasteiger partial charge in [-0.15, -0.1) is 0 Å². The molecule has 5 rings (SSSR count). The normalized spacial score (nSPS) is 20.0. The molecule has 8 heteroatoms. The van der Waals surface area contributed by atoms with E-state index in [2.05, 4.69) is 44.8 Å². The Hall–Kier alpha value is -3.23. The highest BCUT2D eigenvalue weighted by atomic mass is 16.5. The van der Waals surface area contributed by atoms with Crippen molar-refractivity contribution in [1.29, 1.82) is 0 Å². The van der Waals surface area contributed by atoms with Gasteiger partial charge in [-0.1, -0.05) is 30.3 Å². The van der Waals surface area contributed by atoms with Crippen molar-refractivity contribution in [3.8, 4) is 5.69 Å². The van der Waals surface area contributed by atoms with Gasteiger partial charge < -0.3 is 10.1 Å². The Morgan fingerprint density at radius 3 is 2.82 bits per heavy atom. The van der Waals surface area contributed by atoms with E-state index in [4.69, 9.17) is 9.84 Å². The van der Waals surface area contributed by atoms with Gasteiger partial charge in [0.05, 0.1) is 30.2 Å². The number of aromatic nitrogens is 3. The molecule has 2 atom stereocenters. The molecule has 172 valence electrons. The Bertz CT molecular complexity index is 1090. The third-order valence-electron chi connectivity index (χ3n) is 6.58. The minimum atomic E-state index is -0.200. The molecule has 1 fully saturated rings. The van der Waals surface area contributed by atoms with E-state index in [0.717, 1.165) is 61.7 Å². The van der Waals surface area contributed by atoms with E-state index >= 15 is 0 Å². The first-order valence-electron chi connectivity index (χ1n) is 11.6. The average molecular weight is 447 g/mol. The number of aryl methyl sites for hydroxylation is 1. The molecule has 0 saturated carbocycles. The summed E-state index contributed by atoms with van der Waals surface area (Å²) in [6.07, 6.45) is 6.42. The van der Waals surface area contributed by atoms with Gasteiger partial charge in [-0.05, 0) is 37.0 Å². The maximum Gasteiger partial charge on any atom is 0.320 e. The van der Waals surface area contributed by atoms with Crippen LogP contribution in [0.15, 0.2) is 54.9 Å². The molecule has 1 saturated heterocycles. The molecule has 1 aromatic carbocycles. The number of amides is 2. The van der Waals surface area contributed by atoms with Gasteiger partial charge in [-0.3, -0.25) is 15.2 Å². The number of nitrogens with one attached hydrogen (secondary N) is 2. The molecule has 1 aliphatic heterocycles. The SMILES string of the molecule is COCCN1C[C@H](NC(=O)Nc2c3c(nn2-c2cccnc2)CCC3)[C@@H](c2ccccc2)C1. The molecule has 2 aliphatic rings. The zero-order valence-corrected chi connectivity index (χ0v) is 18.9. The predicted molar refractivity (Wildman–Crippen MR) is 127 cm³/mol. The van der Waals surface area contributed by atoms with Crippen molar-refractivity contribution < 1.29 is 9.53 Å².